The number of carbonyl (C=O) groups excluding carboxylic acids is 2. The molecule has 1 rings (SSSR count). The van der Waals surface area contributed by atoms with Crippen molar-refractivity contribution in [2.24, 2.45) is 0 Å². The highest BCUT2D eigenvalue weighted by Gasteiger charge is 2.44. The zero-order valence-corrected chi connectivity index (χ0v) is 47.4. The van der Waals surface area contributed by atoms with Crippen molar-refractivity contribution in [3.8, 4) is 0 Å². The van der Waals surface area contributed by atoms with Crippen molar-refractivity contribution in [2.45, 2.75) is 339 Å². The molecule has 7 unspecified atom stereocenters. The lowest BCUT2D eigenvalue weighted by atomic mass is 9.99. The monoisotopic (exact) mass is 1040 g/mol. The molecule has 430 valence electrons. The molecule has 11 nitrogen and oxygen atoms in total. The third-order valence-electron chi connectivity index (χ3n) is 14.8. The molecule has 0 bridgehead atoms. The number of esters is 1. The van der Waals surface area contributed by atoms with E-state index < -0.39 is 49.5 Å². The maximum atomic E-state index is 13.0. The number of ether oxygens (including phenoxy) is 3. The first-order valence-corrected chi connectivity index (χ1v) is 31.1. The molecular weight excluding hydrogens is 919 g/mol. The summed E-state index contributed by atoms with van der Waals surface area (Å²) in [6.45, 7) is 4.31. The van der Waals surface area contributed by atoms with Gasteiger partial charge >= 0.3 is 5.97 Å². The summed E-state index contributed by atoms with van der Waals surface area (Å²) in [5.74, 6) is -0.191. The molecule has 1 amide bonds. The van der Waals surface area contributed by atoms with E-state index in [9.17, 15) is 35.1 Å². The summed E-state index contributed by atoms with van der Waals surface area (Å²) in [5, 5.41) is 54.2. The first-order chi connectivity index (χ1) is 35.7. The van der Waals surface area contributed by atoms with E-state index in [1.807, 2.05) is 6.08 Å². The van der Waals surface area contributed by atoms with Crippen molar-refractivity contribution in [3.63, 3.8) is 0 Å². The summed E-state index contributed by atoms with van der Waals surface area (Å²) < 4.78 is 16.7. The second kappa shape index (κ2) is 52.2. The van der Waals surface area contributed by atoms with E-state index in [0.717, 1.165) is 57.8 Å². The van der Waals surface area contributed by atoms with Gasteiger partial charge in [0.15, 0.2) is 6.29 Å². The highest BCUT2D eigenvalue weighted by molar-refractivity contribution is 5.76. The molecule has 1 saturated heterocycles. The maximum absolute atomic E-state index is 13.0. The lowest BCUT2D eigenvalue weighted by Crippen LogP contribution is -2.60. The fraction of sp³-hybridized carbons (Fsp3) is 0.903. The van der Waals surface area contributed by atoms with E-state index in [2.05, 4.69) is 31.3 Å². The van der Waals surface area contributed by atoms with Crippen LogP contribution in [-0.2, 0) is 23.8 Å². The summed E-state index contributed by atoms with van der Waals surface area (Å²) in [6, 6.07) is -0.808. The quantitative estimate of drug-likeness (QED) is 0.0195. The second-order valence-electron chi connectivity index (χ2n) is 21.8. The van der Waals surface area contributed by atoms with E-state index in [0.29, 0.717) is 19.4 Å². The second-order valence-corrected chi connectivity index (χ2v) is 21.8. The lowest BCUT2D eigenvalue weighted by Gasteiger charge is -2.40. The van der Waals surface area contributed by atoms with Crippen LogP contribution in [0.5, 0.6) is 0 Å². The molecule has 6 N–H and O–H groups in total. The number of hydrogen-bond acceptors (Lipinski definition) is 10. The molecule has 11 heteroatoms. The molecule has 73 heavy (non-hydrogen) atoms. The first-order valence-electron chi connectivity index (χ1n) is 31.1. The van der Waals surface area contributed by atoms with Crippen molar-refractivity contribution < 1.29 is 49.3 Å². The minimum absolute atomic E-state index is 0.00763. The molecule has 0 aromatic carbocycles. The van der Waals surface area contributed by atoms with Gasteiger partial charge in [0.25, 0.3) is 0 Å². The molecule has 1 aliphatic rings. The number of aliphatic hydroxyl groups excluding tert-OH is 5. The van der Waals surface area contributed by atoms with Crippen LogP contribution in [0.1, 0.15) is 296 Å². The van der Waals surface area contributed by atoms with E-state index >= 15 is 0 Å². The molecule has 0 aromatic rings. The molecule has 7 atom stereocenters. The topological polar surface area (TPSA) is 175 Å². The third-order valence-corrected chi connectivity index (χ3v) is 14.8. The normalized spacial score (nSPS) is 19.0. The Kier molecular flexibility index (Phi) is 49.5. The van der Waals surface area contributed by atoms with Gasteiger partial charge in [-0.15, -0.1) is 0 Å². The number of aliphatic hydroxyl groups is 5. The minimum atomic E-state index is -1.57. The standard InChI is InChI=1S/C62H117NO10/c1-3-5-7-9-11-13-14-15-27-30-34-38-42-46-50-58(67)71-51-47-43-39-35-31-28-25-23-21-19-17-16-18-20-22-24-26-29-33-37-41-45-49-57(66)63-54(55(65)48-44-40-36-32-12-10-8-6-4-2)53-72-62-61(70)60(69)59(68)56(52-64)73-62/h14-15,44,48,54-56,59-62,64-65,68-70H,3-13,16-43,45-47,49-53H2,1-2H3,(H,63,66)/b15-14-,48-44+. The van der Waals surface area contributed by atoms with Gasteiger partial charge in [-0.3, -0.25) is 9.59 Å². The average Bonchev–Trinajstić information content (AvgIpc) is 3.39. The summed E-state index contributed by atoms with van der Waals surface area (Å²) in [4.78, 5) is 25.1. The van der Waals surface area contributed by atoms with Crippen molar-refractivity contribution >= 4 is 11.9 Å². The maximum Gasteiger partial charge on any atom is 0.305 e. The molecule has 1 aliphatic heterocycles. The molecular formula is C62H117NO10. The summed E-state index contributed by atoms with van der Waals surface area (Å²) >= 11 is 0. The number of nitrogens with one attached hydrogen (secondary N) is 1. The van der Waals surface area contributed by atoms with E-state index in [1.165, 1.54) is 212 Å². The molecule has 0 saturated carbocycles. The van der Waals surface area contributed by atoms with E-state index in [-0.39, 0.29) is 18.5 Å². The van der Waals surface area contributed by atoms with E-state index in [1.54, 1.807) is 6.08 Å². The summed E-state index contributed by atoms with van der Waals surface area (Å²) in [5.41, 5.74) is 0. The fourth-order valence-corrected chi connectivity index (χ4v) is 9.84. The lowest BCUT2D eigenvalue weighted by molar-refractivity contribution is -0.302. The Hall–Kier alpha value is -1.86. The molecule has 0 spiro atoms. The molecule has 1 heterocycles. The SMILES string of the molecule is CCCCCCC/C=C\CCCCCCCC(=O)OCCCCCCCCCCCCCCCCCCCCCCCCC(=O)NC(COC1OC(CO)C(O)C(O)C1O)C(O)/C=C/CCCCCCCCC. The molecule has 0 aromatic heterocycles. The Balaban J connectivity index is 1.98. The van der Waals surface area contributed by atoms with Crippen LogP contribution in [0.3, 0.4) is 0 Å². The number of hydrogen-bond donors (Lipinski definition) is 6. The van der Waals surface area contributed by atoms with Crippen molar-refractivity contribution in [3.05, 3.63) is 24.3 Å². The first kappa shape index (κ1) is 69.2. The van der Waals surface area contributed by atoms with Gasteiger partial charge < -0.3 is 45.1 Å². The fourth-order valence-electron chi connectivity index (χ4n) is 9.84. The van der Waals surface area contributed by atoms with Crippen LogP contribution < -0.4 is 5.32 Å². The van der Waals surface area contributed by atoms with Crippen molar-refractivity contribution in [2.75, 3.05) is 19.8 Å². The third kappa shape index (κ3) is 41.9. The zero-order chi connectivity index (χ0) is 53.1. The Morgan fingerprint density at radius 1 is 0.493 bits per heavy atom. The predicted octanol–water partition coefficient (Wildman–Crippen LogP) is 14.5. The highest BCUT2D eigenvalue weighted by Crippen LogP contribution is 2.23. The Labute approximate surface area is 448 Å². The van der Waals surface area contributed by atoms with Gasteiger partial charge in [-0.25, -0.2) is 0 Å². The van der Waals surface area contributed by atoms with Crippen LogP contribution in [0.25, 0.3) is 0 Å². The number of amides is 1. The van der Waals surface area contributed by atoms with Crippen LogP contribution in [-0.4, -0.2) is 100 Å². The Bertz CT molecular complexity index is 1260. The minimum Gasteiger partial charge on any atom is -0.466 e. The van der Waals surface area contributed by atoms with Crippen molar-refractivity contribution in [1.29, 1.82) is 0 Å². The largest absolute Gasteiger partial charge is 0.466 e. The van der Waals surface area contributed by atoms with E-state index in [4.69, 9.17) is 14.2 Å². The highest BCUT2D eigenvalue weighted by atomic mass is 16.7. The average molecular weight is 1040 g/mol. The van der Waals surface area contributed by atoms with Crippen LogP contribution in [0.2, 0.25) is 0 Å². The smallest absolute Gasteiger partial charge is 0.305 e. The van der Waals surface area contributed by atoms with Gasteiger partial charge in [-0.2, -0.15) is 0 Å². The van der Waals surface area contributed by atoms with Gasteiger partial charge in [0.05, 0.1) is 32.0 Å². The van der Waals surface area contributed by atoms with Gasteiger partial charge in [-0.05, 0) is 57.8 Å². The molecule has 0 radical (unpaired) electrons. The van der Waals surface area contributed by atoms with Crippen molar-refractivity contribution in [1.82, 2.24) is 5.32 Å². The number of rotatable bonds is 54. The van der Waals surface area contributed by atoms with Crippen LogP contribution in [0.4, 0.5) is 0 Å². The van der Waals surface area contributed by atoms with Gasteiger partial charge in [0.2, 0.25) is 5.91 Å². The van der Waals surface area contributed by atoms with Gasteiger partial charge in [0, 0.05) is 12.8 Å². The van der Waals surface area contributed by atoms with Crippen LogP contribution >= 0.6 is 0 Å². The van der Waals surface area contributed by atoms with Crippen LogP contribution in [0, 0.1) is 0 Å². The Morgan fingerprint density at radius 2 is 0.877 bits per heavy atom. The Morgan fingerprint density at radius 3 is 1.32 bits per heavy atom. The number of unbranched alkanes of at least 4 members (excludes halogenated alkanes) is 38. The summed E-state index contributed by atoms with van der Waals surface area (Å²) in [6.07, 6.45) is 52.9. The molecule has 0 aliphatic carbocycles. The zero-order valence-electron chi connectivity index (χ0n) is 47.4. The van der Waals surface area contributed by atoms with Crippen LogP contribution in [0.15, 0.2) is 24.3 Å². The summed E-state index contributed by atoms with van der Waals surface area (Å²) in [7, 11) is 0. The van der Waals surface area contributed by atoms with Gasteiger partial charge in [0.1, 0.15) is 24.4 Å². The molecule has 1 fully saturated rings. The number of carbonyl (C=O) groups is 2. The predicted molar refractivity (Wildman–Crippen MR) is 301 cm³/mol. The number of allylic oxidation sites excluding steroid dienone is 3. The van der Waals surface area contributed by atoms with Gasteiger partial charge in [-0.1, -0.05) is 250 Å².